The zero-order valence-corrected chi connectivity index (χ0v) is 17.5. The zero-order valence-electron chi connectivity index (χ0n) is 17.5. The van der Waals surface area contributed by atoms with E-state index in [1.807, 2.05) is 0 Å². The van der Waals surface area contributed by atoms with E-state index < -0.39 is 42.5 Å². The average Bonchev–Trinajstić information content (AvgIpc) is 3.55. The molecule has 2 N–H and O–H groups in total. The predicted octanol–water partition coefficient (Wildman–Crippen LogP) is 4.26. The first-order valence-electron chi connectivity index (χ1n) is 10.6. The van der Waals surface area contributed by atoms with Gasteiger partial charge in [-0.25, -0.2) is 18.0 Å². The summed E-state index contributed by atoms with van der Waals surface area (Å²) in [5.41, 5.74) is 1.53. The van der Waals surface area contributed by atoms with Crippen LogP contribution < -0.4 is 5.32 Å². The lowest BCUT2D eigenvalue weighted by Crippen LogP contribution is -2.55. The average molecular weight is 446 g/mol. The lowest BCUT2D eigenvalue weighted by Gasteiger charge is -2.39. The number of likely N-dealkylation sites (tertiary alicyclic amines) is 1. The number of carbonyl (C=O) groups is 2. The zero-order chi connectivity index (χ0) is 22.9. The Morgan fingerprint density at radius 3 is 2.38 bits per heavy atom. The standard InChI is InChI=1S/C24H25F3N2O3/c25-14-16-2-1-3-17(12-16)15-29-11-10-24(26,27)13-20(29)21(30)28-23(8-9-23)19-6-4-18(5-7-19)22(31)32/h1-7,12,20H,8-11,13-15H2,(H,28,30)(H,31,32). The molecule has 0 bridgehead atoms. The molecule has 0 spiro atoms. The number of carboxylic acids is 1. The van der Waals surface area contributed by atoms with Gasteiger partial charge in [0.15, 0.2) is 0 Å². The lowest BCUT2D eigenvalue weighted by molar-refractivity contribution is -0.139. The Morgan fingerprint density at radius 2 is 1.75 bits per heavy atom. The van der Waals surface area contributed by atoms with Crippen LogP contribution in [0.1, 0.15) is 52.7 Å². The van der Waals surface area contributed by atoms with Gasteiger partial charge in [-0.2, -0.15) is 0 Å². The monoisotopic (exact) mass is 446 g/mol. The minimum Gasteiger partial charge on any atom is -0.478 e. The van der Waals surface area contributed by atoms with E-state index in [1.54, 1.807) is 41.3 Å². The van der Waals surface area contributed by atoms with Crippen LogP contribution in [0.4, 0.5) is 13.2 Å². The molecule has 0 aromatic heterocycles. The molecular weight excluding hydrogens is 421 g/mol. The molecule has 1 aliphatic heterocycles. The second kappa shape index (κ2) is 8.58. The molecule has 5 nitrogen and oxygen atoms in total. The van der Waals surface area contributed by atoms with E-state index in [0.717, 1.165) is 11.1 Å². The molecule has 1 amide bonds. The van der Waals surface area contributed by atoms with Crippen molar-refractivity contribution < 1.29 is 27.9 Å². The first-order valence-corrected chi connectivity index (χ1v) is 10.6. The minimum absolute atomic E-state index is 0.0608. The van der Waals surface area contributed by atoms with E-state index in [4.69, 9.17) is 5.11 Å². The summed E-state index contributed by atoms with van der Waals surface area (Å²) in [6.07, 6.45) is 0.413. The number of carboxylic acid groups (broad SMARTS) is 1. The van der Waals surface area contributed by atoms with Gasteiger partial charge in [-0.1, -0.05) is 36.4 Å². The number of carbonyl (C=O) groups excluding carboxylic acids is 1. The fourth-order valence-corrected chi connectivity index (χ4v) is 4.33. The van der Waals surface area contributed by atoms with Crippen LogP contribution in [-0.4, -0.2) is 40.4 Å². The van der Waals surface area contributed by atoms with E-state index in [1.165, 1.54) is 12.1 Å². The maximum absolute atomic E-state index is 14.2. The van der Waals surface area contributed by atoms with Crippen molar-refractivity contribution in [3.8, 4) is 0 Å². The number of piperidine rings is 1. The molecule has 1 heterocycles. The highest BCUT2D eigenvalue weighted by Gasteiger charge is 2.49. The van der Waals surface area contributed by atoms with Crippen LogP contribution in [0.15, 0.2) is 48.5 Å². The van der Waals surface area contributed by atoms with E-state index in [-0.39, 0.29) is 25.1 Å². The maximum atomic E-state index is 14.2. The summed E-state index contributed by atoms with van der Waals surface area (Å²) in [6, 6.07) is 12.1. The van der Waals surface area contributed by atoms with Crippen molar-refractivity contribution in [3.05, 3.63) is 70.8 Å². The second-order valence-electron chi connectivity index (χ2n) is 8.70. The number of halogens is 3. The highest BCUT2D eigenvalue weighted by Crippen LogP contribution is 2.46. The predicted molar refractivity (Wildman–Crippen MR) is 112 cm³/mol. The number of nitrogens with zero attached hydrogens (tertiary/aromatic N) is 1. The Hall–Kier alpha value is -2.87. The maximum Gasteiger partial charge on any atom is 0.335 e. The van der Waals surface area contributed by atoms with Crippen LogP contribution in [0.3, 0.4) is 0 Å². The van der Waals surface area contributed by atoms with Gasteiger partial charge >= 0.3 is 5.97 Å². The number of amides is 1. The number of nitrogens with one attached hydrogen (secondary N) is 1. The Balaban J connectivity index is 1.51. The van der Waals surface area contributed by atoms with Crippen LogP contribution in [0.25, 0.3) is 0 Å². The molecule has 1 saturated carbocycles. The fourth-order valence-electron chi connectivity index (χ4n) is 4.33. The molecule has 32 heavy (non-hydrogen) atoms. The van der Waals surface area contributed by atoms with Crippen LogP contribution in [0.2, 0.25) is 0 Å². The normalized spacial score (nSPS) is 21.7. The van der Waals surface area contributed by atoms with E-state index in [0.29, 0.717) is 18.4 Å². The van der Waals surface area contributed by atoms with Gasteiger partial charge in [0.25, 0.3) is 5.92 Å². The molecule has 8 heteroatoms. The van der Waals surface area contributed by atoms with Crippen LogP contribution in [-0.2, 0) is 23.6 Å². The van der Waals surface area contributed by atoms with Crippen molar-refractivity contribution in [1.82, 2.24) is 10.2 Å². The summed E-state index contributed by atoms with van der Waals surface area (Å²) < 4.78 is 41.5. The van der Waals surface area contributed by atoms with E-state index >= 15 is 0 Å². The van der Waals surface area contributed by atoms with Gasteiger partial charge in [-0.3, -0.25) is 9.69 Å². The topological polar surface area (TPSA) is 69.6 Å². The van der Waals surface area contributed by atoms with Crippen LogP contribution >= 0.6 is 0 Å². The lowest BCUT2D eigenvalue weighted by atomic mass is 9.95. The van der Waals surface area contributed by atoms with Crippen molar-refractivity contribution >= 4 is 11.9 Å². The van der Waals surface area contributed by atoms with Crippen molar-refractivity contribution in [2.45, 2.75) is 56.4 Å². The Morgan fingerprint density at radius 1 is 1.06 bits per heavy atom. The fraction of sp³-hybridized carbons (Fsp3) is 0.417. The number of aromatic carboxylic acids is 1. The second-order valence-corrected chi connectivity index (χ2v) is 8.70. The number of rotatable bonds is 7. The van der Waals surface area contributed by atoms with Gasteiger partial charge in [-0.15, -0.1) is 0 Å². The van der Waals surface area contributed by atoms with Crippen molar-refractivity contribution in [2.24, 2.45) is 0 Å². The number of hydrogen-bond acceptors (Lipinski definition) is 3. The highest BCUT2D eigenvalue weighted by atomic mass is 19.3. The Kier molecular flexibility index (Phi) is 5.99. The molecule has 2 aliphatic rings. The molecule has 1 saturated heterocycles. The van der Waals surface area contributed by atoms with Gasteiger partial charge in [0.1, 0.15) is 6.67 Å². The van der Waals surface area contributed by atoms with Crippen LogP contribution in [0.5, 0.6) is 0 Å². The van der Waals surface area contributed by atoms with Gasteiger partial charge < -0.3 is 10.4 Å². The third-order valence-corrected chi connectivity index (χ3v) is 6.33. The summed E-state index contributed by atoms with van der Waals surface area (Å²) in [6.45, 7) is -0.271. The largest absolute Gasteiger partial charge is 0.478 e. The Bertz CT molecular complexity index is 1010. The number of benzene rings is 2. The van der Waals surface area contributed by atoms with Crippen molar-refractivity contribution in [1.29, 1.82) is 0 Å². The first kappa shape index (κ1) is 22.3. The summed E-state index contributed by atoms with van der Waals surface area (Å²) in [5.74, 6) is -4.44. The summed E-state index contributed by atoms with van der Waals surface area (Å²) in [4.78, 5) is 26.0. The highest BCUT2D eigenvalue weighted by molar-refractivity contribution is 5.87. The molecule has 2 aromatic rings. The van der Waals surface area contributed by atoms with Gasteiger partial charge in [0.05, 0.1) is 17.1 Å². The number of alkyl halides is 3. The molecule has 2 aromatic carbocycles. The molecule has 1 atom stereocenters. The Labute approximate surface area is 184 Å². The van der Waals surface area contributed by atoms with Crippen LogP contribution in [0, 0.1) is 0 Å². The van der Waals surface area contributed by atoms with Gasteiger partial charge in [-0.05, 0) is 41.7 Å². The third kappa shape index (κ3) is 4.80. The summed E-state index contributed by atoms with van der Waals surface area (Å²) in [7, 11) is 0. The molecule has 4 rings (SSSR count). The first-order chi connectivity index (χ1) is 15.2. The quantitative estimate of drug-likeness (QED) is 0.667. The third-order valence-electron chi connectivity index (χ3n) is 6.33. The smallest absolute Gasteiger partial charge is 0.335 e. The van der Waals surface area contributed by atoms with Crippen molar-refractivity contribution in [2.75, 3.05) is 6.54 Å². The minimum atomic E-state index is -2.93. The molecule has 1 unspecified atom stereocenters. The molecule has 1 aliphatic carbocycles. The van der Waals surface area contributed by atoms with Gasteiger partial charge in [0, 0.05) is 25.9 Å². The SMILES string of the molecule is O=C(O)c1ccc(C2(NC(=O)C3CC(F)(F)CCN3Cc3cccc(CF)c3)CC2)cc1. The molecular formula is C24H25F3N2O3. The summed E-state index contributed by atoms with van der Waals surface area (Å²) in [5, 5.41) is 12.0. The van der Waals surface area contributed by atoms with E-state index in [9.17, 15) is 22.8 Å². The molecule has 2 fully saturated rings. The summed E-state index contributed by atoms with van der Waals surface area (Å²) >= 11 is 0. The molecule has 0 radical (unpaired) electrons. The van der Waals surface area contributed by atoms with Crippen molar-refractivity contribution in [3.63, 3.8) is 0 Å². The van der Waals surface area contributed by atoms with E-state index in [2.05, 4.69) is 5.32 Å². The number of hydrogen-bond donors (Lipinski definition) is 2. The van der Waals surface area contributed by atoms with Gasteiger partial charge in [0.2, 0.25) is 5.91 Å². The molecule has 170 valence electrons.